The first-order chi connectivity index (χ1) is 11.0. The van der Waals surface area contributed by atoms with Crippen molar-refractivity contribution in [1.29, 1.82) is 0 Å². The average molecular weight is 322 g/mol. The number of carbonyl (C=O) groups is 2. The predicted molar refractivity (Wildman–Crippen MR) is 86.3 cm³/mol. The molecule has 0 aliphatic carbocycles. The molecule has 1 aromatic carbocycles. The van der Waals surface area contributed by atoms with Gasteiger partial charge in [-0.25, -0.2) is 4.39 Å². The normalized spacial score (nSPS) is 16.9. The van der Waals surface area contributed by atoms with Gasteiger partial charge in [0.15, 0.2) is 0 Å². The van der Waals surface area contributed by atoms with Crippen molar-refractivity contribution in [3.8, 4) is 0 Å². The number of benzene rings is 1. The van der Waals surface area contributed by atoms with Crippen molar-refractivity contribution >= 4 is 17.5 Å². The van der Waals surface area contributed by atoms with Gasteiger partial charge in [0.2, 0.25) is 11.8 Å². The Morgan fingerprint density at radius 2 is 2.00 bits per heavy atom. The first-order valence-corrected chi connectivity index (χ1v) is 7.79. The van der Waals surface area contributed by atoms with Crippen molar-refractivity contribution in [3.05, 3.63) is 30.1 Å². The molecule has 1 aliphatic heterocycles. The zero-order valence-corrected chi connectivity index (χ0v) is 13.3. The number of amides is 2. The van der Waals surface area contributed by atoms with Crippen molar-refractivity contribution in [2.24, 2.45) is 5.73 Å². The maximum absolute atomic E-state index is 13.1. The summed E-state index contributed by atoms with van der Waals surface area (Å²) in [5, 5.41) is 2.72. The van der Waals surface area contributed by atoms with Gasteiger partial charge in [-0.05, 0) is 25.1 Å². The SMILES string of the molecule is CC(C(=O)Nc1cccc(F)c1)N1CCN(C(=O)CCN)CC1. The fourth-order valence-corrected chi connectivity index (χ4v) is 2.62. The molecule has 0 bridgehead atoms. The summed E-state index contributed by atoms with van der Waals surface area (Å²) in [7, 11) is 0. The van der Waals surface area contributed by atoms with Crippen LogP contribution in [-0.4, -0.2) is 60.4 Å². The lowest BCUT2D eigenvalue weighted by molar-refractivity contribution is -0.133. The summed E-state index contributed by atoms with van der Waals surface area (Å²) in [5.74, 6) is -0.510. The van der Waals surface area contributed by atoms with E-state index in [1.165, 1.54) is 12.1 Å². The summed E-state index contributed by atoms with van der Waals surface area (Å²) in [6, 6.07) is 5.48. The van der Waals surface area contributed by atoms with E-state index in [9.17, 15) is 14.0 Å². The van der Waals surface area contributed by atoms with E-state index in [2.05, 4.69) is 5.32 Å². The summed E-state index contributed by atoms with van der Waals surface area (Å²) < 4.78 is 13.1. The van der Waals surface area contributed by atoms with Crippen LogP contribution in [0.25, 0.3) is 0 Å². The molecule has 126 valence electrons. The van der Waals surface area contributed by atoms with Crippen LogP contribution < -0.4 is 11.1 Å². The summed E-state index contributed by atoms with van der Waals surface area (Å²) in [4.78, 5) is 27.9. The number of carbonyl (C=O) groups excluding carboxylic acids is 2. The van der Waals surface area contributed by atoms with E-state index in [-0.39, 0.29) is 23.7 Å². The van der Waals surface area contributed by atoms with Crippen molar-refractivity contribution < 1.29 is 14.0 Å². The number of halogens is 1. The minimum atomic E-state index is -0.387. The number of piperazine rings is 1. The predicted octanol–water partition coefficient (Wildman–Crippen LogP) is 0.646. The smallest absolute Gasteiger partial charge is 0.241 e. The Bertz CT molecular complexity index is 559. The van der Waals surface area contributed by atoms with Crippen molar-refractivity contribution in [2.45, 2.75) is 19.4 Å². The minimum absolute atomic E-state index is 0.0593. The number of nitrogens with zero attached hydrogens (tertiary/aromatic N) is 2. The van der Waals surface area contributed by atoms with Crippen LogP contribution >= 0.6 is 0 Å². The highest BCUT2D eigenvalue weighted by molar-refractivity contribution is 5.94. The van der Waals surface area contributed by atoms with Crippen LogP contribution in [0.2, 0.25) is 0 Å². The van der Waals surface area contributed by atoms with E-state index >= 15 is 0 Å². The monoisotopic (exact) mass is 322 g/mol. The van der Waals surface area contributed by atoms with Crippen LogP contribution in [-0.2, 0) is 9.59 Å². The van der Waals surface area contributed by atoms with Gasteiger partial charge in [-0.15, -0.1) is 0 Å². The van der Waals surface area contributed by atoms with Gasteiger partial charge in [0, 0.05) is 44.8 Å². The standard InChI is InChI=1S/C16H23FN4O2/c1-12(16(23)19-14-4-2-3-13(17)11-14)20-7-9-21(10-8-20)15(22)5-6-18/h2-4,11-12H,5-10,18H2,1H3,(H,19,23). The van der Waals surface area contributed by atoms with Gasteiger partial charge in [-0.2, -0.15) is 0 Å². The lowest BCUT2D eigenvalue weighted by atomic mass is 10.2. The molecule has 0 spiro atoms. The molecule has 7 heteroatoms. The van der Waals surface area contributed by atoms with Crippen LogP contribution in [0.3, 0.4) is 0 Å². The Kier molecular flexibility index (Phi) is 6.06. The molecular weight excluding hydrogens is 299 g/mol. The van der Waals surface area contributed by atoms with E-state index < -0.39 is 0 Å². The molecule has 3 N–H and O–H groups in total. The number of hydrogen-bond donors (Lipinski definition) is 2. The molecule has 2 rings (SSSR count). The molecule has 1 heterocycles. The van der Waals surface area contributed by atoms with Gasteiger partial charge in [-0.3, -0.25) is 14.5 Å². The van der Waals surface area contributed by atoms with Crippen molar-refractivity contribution in [2.75, 3.05) is 38.0 Å². The van der Waals surface area contributed by atoms with E-state index in [1.807, 2.05) is 11.8 Å². The fraction of sp³-hybridized carbons (Fsp3) is 0.500. The van der Waals surface area contributed by atoms with E-state index in [0.29, 0.717) is 44.8 Å². The Balaban J connectivity index is 1.85. The first kappa shape index (κ1) is 17.4. The third-order valence-corrected chi connectivity index (χ3v) is 4.04. The van der Waals surface area contributed by atoms with Gasteiger partial charge >= 0.3 is 0 Å². The molecule has 1 unspecified atom stereocenters. The van der Waals surface area contributed by atoms with E-state index in [4.69, 9.17) is 5.73 Å². The Morgan fingerprint density at radius 1 is 1.30 bits per heavy atom. The minimum Gasteiger partial charge on any atom is -0.340 e. The average Bonchev–Trinajstić information content (AvgIpc) is 2.54. The highest BCUT2D eigenvalue weighted by atomic mass is 19.1. The molecular formula is C16H23FN4O2. The second kappa shape index (κ2) is 8.03. The van der Waals surface area contributed by atoms with Crippen LogP contribution in [0.4, 0.5) is 10.1 Å². The third kappa shape index (κ3) is 4.74. The molecule has 0 saturated carbocycles. The molecule has 2 amide bonds. The van der Waals surface area contributed by atoms with Crippen LogP contribution in [0.15, 0.2) is 24.3 Å². The molecule has 0 radical (unpaired) electrons. The quantitative estimate of drug-likeness (QED) is 0.834. The second-order valence-electron chi connectivity index (χ2n) is 5.63. The molecule has 1 saturated heterocycles. The fourth-order valence-electron chi connectivity index (χ4n) is 2.62. The maximum atomic E-state index is 13.1. The molecule has 1 atom stereocenters. The summed E-state index contributed by atoms with van der Waals surface area (Å²) in [6.45, 7) is 4.62. The van der Waals surface area contributed by atoms with Crippen LogP contribution in [0, 0.1) is 5.82 Å². The Morgan fingerprint density at radius 3 is 2.61 bits per heavy atom. The number of hydrogen-bond acceptors (Lipinski definition) is 4. The van der Waals surface area contributed by atoms with Gasteiger partial charge in [0.1, 0.15) is 5.82 Å². The zero-order chi connectivity index (χ0) is 16.8. The number of nitrogens with one attached hydrogen (secondary N) is 1. The largest absolute Gasteiger partial charge is 0.340 e. The number of nitrogens with two attached hydrogens (primary N) is 1. The molecule has 23 heavy (non-hydrogen) atoms. The van der Waals surface area contributed by atoms with Crippen LogP contribution in [0.5, 0.6) is 0 Å². The topological polar surface area (TPSA) is 78.7 Å². The molecule has 1 aliphatic rings. The third-order valence-electron chi connectivity index (χ3n) is 4.04. The highest BCUT2D eigenvalue weighted by Gasteiger charge is 2.27. The molecule has 1 fully saturated rings. The van der Waals surface area contributed by atoms with Gasteiger partial charge in [0.05, 0.1) is 6.04 Å². The molecule has 0 aromatic heterocycles. The Labute approximate surface area is 135 Å². The summed E-state index contributed by atoms with van der Waals surface area (Å²) in [5.41, 5.74) is 5.84. The van der Waals surface area contributed by atoms with E-state index in [0.717, 1.165) is 0 Å². The van der Waals surface area contributed by atoms with Crippen molar-refractivity contribution in [1.82, 2.24) is 9.80 Å². The lowest BCUT2D eigenvalue weighted by Gasteiger charge is -2.37. The maximum Gasteiger partial charge on any atom is 0.241 e. The number of anilines is 1. The first-order valence-electron chi connectivity index (χ1n) is 7.79. The van der Waals surface area contributed by atoms with Gasteiger partial charge < -0.3 is 16.0 Å². The van der Waals surface area contributed by atoms with Crippen molar-refractivity contribution in [3.63, 3.8) is 0 Å². The lowest BCUT2D eigenvalue weighted by Crippen LogP contribution is -2.54. The molecule has 1 aromatic rings. The summed E-state index contributed by atoms with van der Waals surface area (Å²) in [6.07, 6.45) is 0.357. The van der Waals surface area contributed by atoms with Gasteiger partial charge in [0.25, 0.3) is 0 Å². The second-order valence-corrected chi connectivity index (χ2v) is 5.63. The zero-order valence-electron chi connectivity index (χ0n) is 13.3. The number of rotatable bonds is 5. The highest BCUT2D eigenvalue weighted by Crippen LogP contribution is 2.12. The van der Waals surface area contributed by atoms with Crippen LogP contribution in [0.1, 0.15) is 13.3 Å². The molecule has 6 nitrogen and oxygen atoms in total. The Hall–Kier alpha value is -1.99. The van der Waals surface area contributed by atoms with Gasteiger partial charge in [-0.1, -0.05) is 6.07 Å². The summed E-state index contributed by atoms with van der Waals surface area (Å²) >= 11 is 0. The van der Waals surface area contributed by atoms with E-state index in [1.54, 1.807) is 17.0 Å².